The zero-order chi connectivity index (χ0) is 25.7. The van der Waals surface area contributed by atoms with Crippen LogP contribution in [0, 0.1) is 6.92 Å². The Kier molecular flexibility index (Phi) is 7.94. The number of nitrogens with zero attached hydrogens (tertiary/aromatic N) is 1. The summed E-state index contributed by atoms with van der Waals surface area (Å²) in [7, 11) is 0. The van der Waals surface area contributed by atoms with E-state index in [0.717, 1.165) is 35.2 Å². The maximum atomic E-state index is 14.1. The summed E-state index contributed by atoms with van der Waals surface area (Å²) < 4.78 is 5.90. The molecule has 0 aliphatic carbocycles. The minimum Gasteiger partial charge on any atom is -0.465 e. The van der Waals surface area contributed by atoms with Crippen LogP contribution in [0.4, 0.5) is 0 Å². The van der Waals surface area contributed by atoms with E-state index < -0.39 is 0 Å². The quantitative estimate of drug-likeness (QED) is 0.351. The molecule has 186 valence electrons. The van der Waals surface area contributed by atoms with Crippen LogP contribution in [0.25, 0.3) is 11.8 Å². The summed E-state index contributed by atoms with van der Waals surface area (Å²) in [6, 6.07) is 18.0. The standard InChI is InChI=1S/C32H36N2O2/c1-6-22(3)19-28-24(5)17-18-34(30(28)25(7-2)20-27-16-12-11-13-23(27)4)32(35)31-29(33-21-36-31)26-14-9-8-10-15-26/h6-16,20,30,33H,2,17-19,21H2,1,3-5H3/b22-6?,25-20+/t30-/m1/s1. The lowest BCUT2D eigenvalue weighted by molar-refractivity contribution is -0.131. The molecule has 2 aliphatic heterocycles. The van der Waals surface area contributed by atoms with Crippen LogP contribution in [-0.4, -0.2) is 30.1 Å². The first-order chi connectivity index (χ1) is 17.4. The third-order valence-electron chi connectivity index (χ3n) is 7.15. The highest BCUT2D eigenvalue weighted by Gasteiger charge is 2.37. The minimum absolute atomic E-state index is 0.0930. The summed E-state index contributed by atoms with van der Waals surface area (Å²) in [5.41, 5.74) is 8.92. The van der Waals surface area contributed by atoms with E-state index in [-0.39, 0.29) is 18.7 Å². The van der Waals surface area contributed by atoms with Crippen LogP contribution >= 0.6 is 0 Å². The molecule has 0 unspecified atom stereocenters. The van der Waals surface area contributed by atoms with E-state index in [1.807, 2.05) is 53.4 Å². The van der Waals surface area contributed by atoms with Crippen LogP contribution in [-0.2, 0) is 9.53 Å². The molecule has 0 fully saturated rings. The highest BCUT2D eigenvalue weighted by atomic mass is 16.5. The van der Waals surface area contributed by atoms with Gasteiger partial charge in [0.2, 0.25) is 5.76 Å². The predicted molar refractivity (Wildman–Crippen MR) is 149 cm³/mol. The molecule has 36 heavy (non-hydrogen) atoms. The Hall–Kier alpha value is -3.79. The van der Waals surface area contributed by atoms with E-state index in [9.17, 15) is 4.79 Å². The number of nitrogens with one attached hydrogen (secondary N) is 1. The first-order valence-corrected chi connectivity index (χ1v) is 12.6. The molecule has 4 nitrogen and oxygen atoms in total. The Balaban J connectivity index is 1.83. The number of allylic oxidation sites excluding steroid dienone is 2. The molecule has 2 aromatic rings. The van der Waals surface area contributed by atoms with Crippen molar-refractivity contribution < 1.29 is 9.53 Å². The summed E-state index contributed by atoms with van der Waals surface area (Å²) in [5.74, 6) is 0.289. The van der Waals surface area contributed by atoms with Crippen molar-refractivity contribution in [3.05, 3.63) is 118 Å². The molecule has 1 N–H and O–H groups in total. The molecule has 1 atom stereocenters. The second-order valence-electron chi connectivity index (χ2n) is 9.51. The van der Waals surface area contributed by atoms with Gasteiger partial charge in [-0.25, -0.2) is 0 Å². The van der Waals surface area contributed by atoms with E-state index in [1.165, 1.54) is 22.3 Å². The Morgan fingerprint density at radius 1 is 1.14 bits per heavy atom. The van der Waals surface area contributed by atoms with Gasteiger partial charge >= 0.3 is 0 Å². The SMILES string of the molecule is C=C/C(=C\c1ccccc1C)[C@@H]1C(CC(C)=CC)=C(C)CCN1C(=O)C1=C(c2ccccc2)NCO1. The summed E-state index contributed by atoms with van der Waals surface area (Å²) in [4.78, 5) is 16.1. The monoisotopic (exact) mass is 480 g/mol. The lowest BCUT2D eigenvalue weighted by Gasteiger charge is -2.40. The van der Waals surface area contributed by atoms with Crippen molar-refractivity contribution in [2.45, 2.75) is 46.6 Å². The second-order valence-corrected chi connectivity index (χ2v) is 9.51. The third kappa shape index (κ3) is 5.23. The van der Waals surface area contributed by atoms with Gasteiger partial charge in [0.1, 0.15) is 0 Å². The van der Waals surface area contributed by atoms with Crippen molar-refractivity contribution in [3.8, 4) is 0 Å². The smallest absolute Gasteiger partial charge is 0.292 e. The van der Waals surface area contributed by atoms with Crippen molar-refractivity contribution in [1.82, 2.24) is 10.2 Å². The summed E-state index contributed by atoms with van der Waals surface area (Å²) in [5, 5.41) is 3.26. The molecule has 4 heteroatoms. The van der Waals surface area contributed by atoms with Crippen molar-refractivity contribution in [3.63, 3.8) is 0 Å². The topological polar surface area (TPSA) is 41.6 Å². The lowest BCUT2D eigenvalue weighted by atomic mass is 9.83. The number of rotatable bonds is 7. The Labute approximate surface area is 215 Å². The summed E-state index contributed by atoms with van der Waals surface area (Å²) in [6.07, 6.45) is 7.89. The molecule has 0 spiro atoms. The van der Waals surface area contributed by atoms with Gasteiger partial charge < -0.3 is 15.0 Å². The Morgan fingerprint density at radius 3 is 2.56 bits per heavy atom. The summed E-state index contributed by atoms with van der Waals surface area (Å²) in [6.45, 7) is 13.6. The van der Waals surface area contributed by atoms with Gasteiger partial charge in [-0.3, -0.25) is 4.79 Å². The molecule has 4 rings (SSSR count). The number of hydrogen-bond acceptors (Lipinski definition) is 3. The molecule has 2 aliphatic rings. The number of carbonyl (C=O) groups excluding carboxylic acids is 1. The van der Waals surface area contributed by atoms with Gasteiger partial charge in [0.25, 0.3) is 5.91 Å². The molecule has 2 aromatic carbocycles. The van der Waals surface area contributed by atoms with Gasteiger partial charge in [0, 0.05) is 12.1 Å². The average Bonchev–Trinajstić information content (AvgIpc) is 3.39. The fourth-order valence-corrected chi connectivity index (χ4v) is 4.90. The number of ether oxygens (including phenoxy) is 1. The van der Waals surface area contributed by atoms with Crippen LogP contribution in [0.5, 0.6) is 0 Å². The van der Waals surface area contributed by atoms with Crippen molar-refractivity contribution >= 4 is 17.7 Å². The number of carbonyl (C=O) groups is 1. The fourth-order valence-electron chi connectivity index (χ4n) is 4.90. The number of aryl methyl sites for hydroxylation is 1. The maximum absolute atomic E-state index is 14.1. The zero-order valence-electron chi connectivity index (χ0n) is 21.8. The molecule has 0 radical (unpaired) electrons. The molecule has 0 bridgehead atoms. The maximum Gasteiger partial charge on any atom is 0.292 e. The average molecular weight is 481 g/mol. The molecule has 0 saturated carbocycles. The van der Waals surface area contributed by atoms with Gasteiger partial charge in [-0.1, -0.05) is 84.5 Å². The number of amides is 1. The first-order valence-electron chi connectivity index (χ1n) is 12.6. The van der Waals surface area contributed by atoms with Gasteiger partial charge in [0.05, 0.1) is 11.7 Å². The molecule has 2 heterocycles. The number of hydrogen-bond donors (Lipinski definition) is 1. The van der Waals surface area contributed by atoms with Crippen LogP contribution in [0.2, 0.25) is 0 Å². The minimum atomic E-state index is -0.216. The second kappa shape index (κ2) is 11.3. The van der Waals surface area contributed by atoms with Crippen LogP contribution in [0.15, 0.2) is 101 Å². The Bertz CT molecular complexity index is 1260. The molecular formula is C32H36N2O2. The highest BCUT2D eigenvalue weighted by molar-refractivity contribution is 6.00. The zero-order valence-corrected chi connectivity index (χ0v) is 21.8. The van der Waals surface area contributed by atoms with E-state index in [2.05, 4.69) is 63.9 Å². The van der Waals surface area contributed by atoms with Crippen LogP contribution < -0.4 is 5.32 Å². The van der Waals surface area contributed by atoms with Crippen molar-refractivity contribution in [2.75, 3.05) is 13.3 Å². The molecule has 0 aromatic heterocycles. The fraction of sp³-hybridized carbons (Fsp3) is 0.281. The first kappa shape index (κ1) is 25.3. The lowest BCUT2D eigenvalue weighted by Crippen LogP contribution is -2.46. The van der Waals surface area contributed by atoms with E-state index in [0.29, 0.717) is 12.3 Å². The molecule has 0 saturated heterocycles. The van der Waals surface area contributed by atoms with E-state index in [1.54, 1.807) is 0 Å². The van der Waals surface area contributed by atoms with Crippen LogP contribution in [0.3, 0.4) is 0 Å². The van der Waals surface area contributed by atoms with E-state index >= 15 is 0 Å². The number of benzene rings is 2. The molecular weight excluding hydrogens is 444 g/mol. The van der Waals surface area contributed by atoms with Crippen molar-refractivity contribution in [2.24, 2.45) is 0 Å². The van der Waals surface area contributed by atoms with Crippen LogP contribution in [0.1, 0.15) is 50.3 Å². The summed E-state index contributed by atoms with van der Waals surface area (Å²) >= 11 is 0. The van der Waals surface area contributed by atoms with E-state index in [4.69, 9.17) is 4.74 Å². The largest absolute Gasteiger partial charge is 0.465 e. The van der Waals surface area contributed by atoms with Gasteiger partial charge in [-0.05, 0) is 68.9 Å². The van der Waals surface area contributed by atoms with Crippen molar-refractivity contribution in [1.29, 1.82) is 0 Å². The van der Waals surface area contributed by atoms with Gasteiger partial charge in [-0.15, -0.1) is 0 Å². The normalized spacial score (nSPS) is 18.8. The Morgan fingerprint density at radius 2 is 1.86 bits per heavy atom. The van der Waals surface area contributed by atoms with Gasteiger partial charge in [0.15, 0.2) is 6.73 Å². The predicted octanol–water partition coefficient (Wildman–Crippen LogP) is 6.78. The molecule has 1 amide bonds. The third-order valence-corrected chi connectivity index (χ3v) is 7.15. The van der Waals surface area contributed by atoms with Gasteiger partial charge in [-0.2, -0.15) is 0 Å². The highest BCUT2D eigenvalue weighted by Crippen LogP contribution is 2.36.